The van der Waals surface area contributed by atoms with Crippen molar-refractivity contribution in [1.29, 1.82) is 0 Å². The lowest BCUT2D eigenvalue weighted by Gasteiger charge is -2.20. The summed E-state index contributed by atoms with van der Waals surface area (Å²) in [5.41, 5.74) is 1.96. The maximum Gasteiger partial charge on any atom is 0.257 e. The molecule has 23 heavy (non-hydrogen) atoms. The lowest BCUT2D eigenvalue weighted by Crippen LogP contribution is -2.26. The monoisotopic (exact) mass is 328 g/mol. The number of carbonyl (C=O) groups is 1. The van der Waals surface area contributed by atoms with Gasteiger partial charge in [0.05, 0.1) is 0 Å². The largest absolute Gasteiger partial charge is 0.317 e. The highest BCUT2D eigenvalue weighted by molar-refractivity contribution is 7.15. The number of nitrogens with zero attached hydrogens (tertiary/aromatic N) is 3. The van der Waals surface area contributed by atoms with E-state index in [1.807, 2.05) is 6.20 Å². The fourth-order valence-electron chi connectivity index (χ4n) is 2.79. The Hall–Kier alpha value is -2.32. The third-order valence-electron chi connectivity index (χ3n) is 4.06. The first-order valence-electron chi connectivity index (χ1n) is 7.58. The van der Waals surface area contributed by atoms with Gasteiger partial charge >= 0.3 is 0 Å². The second-order valence-electron chi connectivity index (χ2n) is 5.57. The number of carbonyl (C=O) groups excluding carboxylic acids is 1. The molecular weight excluding hydrogens is 312 g/mol. The quantitative estimate of drug-likeness (QED) is 0.684. The second-order valence-corrected chi connectivity index (χ2v) is 6.64. The van der Waals surface area contributed by atoms with Crippen molar-refractivity contribution in [2.24, 2.45) is 0 Å². The van der Waals surface area contributed by atoms with E-state index < -0.39 is 0 Å². The van der Waals surface area contributed by atoms with Crippen molar-refractivity contribution in [3.63, 3.8) is 0 Å². The van der Waals surface area contributed by atoms with Gasteiger partial charge in [-0.2, -0.15) is 15.4 Å². The van der Waals surface area contributed by atoms with Crippen molar-refractivity contribution in [1.82, 2.24) is 25.7 Å². The number of nitrogens with one attached hydrogen (secondary N) is 3. The summed E-state index contributed by atoms with van der Waals surface area (Å²) in [6.07, 6.45) is 4.13. The number of anilines is 1. The first-order chi connectivity index (χ1) is 11.3. The molecule has 1 saturated heterocycles. The Morgan fingerprint density at radius 3 is 2.91 bits per heavy atom. The van der Waals surface area contributed by atoms with Crippen LogP contribution in [0.1, 0.15) is 34.0 Å². The summed E-state index contributed by atoms with van der Waals surface area (Å²) in [6.45, 7) is 2.09. The predicted molar refractivity (Wildman–Crippen MR) is 88.8 cm³/mol. The van der Waals surface area contributed by atoms with Gasteiger partial charge in [0.25, 0.3) is 5.91 Å². The number of amides is 1. The lowest BCUT2D eigenvalue weighted by molar-refractivity contribution is 0.102. The normalized spacial score (nSPS) is 15.8. The number of fused-ring (bicyclic) bond motifs is 1. The van der Waals surface area contributed by atoms with Crippen LogP contribution in [0.5, 0.6) is 0 Å². The summed E-state index contributed by atoms with van der Waals surface area (Å²) in [4.78, 5) is 17.9. The van der Waals surface area contributed by atoms with E-state index in [9.17, 15) is 4.79 Å². The minimum Gasteiger partial charge on any atom is -0.317 e. The van der Waals surface area contributed by atoms with Crippen molar-refractivity contribution in [3.05, 3.63) is 34.8 Å². The summed E-state index contributed by atoms with van der Waals surface area (Å²) >= 11 is 1.56. The van der Waals surface area contributed by atoms with Gasteiger partial charge in [-0.15, -0.1) is 11.3 Å². The van der Waals surface area contributed by atoms with Gasteiger partial charge < -0.3 is 5.32 Å². The minimum atomic E-state index is -0.180. The van der Waals surface area contributed by atoms with Crippen LogP contribution in [0.15, 0.2) is 24.4 Å². The smallest absolute Gasteiger partial charge is 0.257 e. The van der Waals surface area contributed by atoms with E-state index in [2.05, 4.69) is 31.0 Å². The maximum atomic E-state index is 12.4. The Bertz CT molecular complexity index is 835. The van der Waals surface area contributed by atoms with Gasteiger partial charge in [0.15, 0.2) is 5.13 Å². The van der Waals surface area contributed by atoms with Crippen LogP contribution in [0.3, 0.4) is 0 Å². The van der Waals surface area contributed by atoms with E-state index in [0.717, 1.165) is 31.4 Å². The third kappa shape index (κ3) is 2.95. The van der Waals surface area contributed by atoms with Gasteiger partial charge in [0.1, 0.15) is 11.0 Å². The molecule has 3 heterocycles. The summed E-state index contributed by atoms with van der Waals surface area (Å²) in [7, 11) is 0. The number of hydrogen-bond donors (Lipinski definition) is 3. The van der Waals surface area contributed by atoms with Crippen LogP contribution in [0.4, 0.5) is 5.13 Å². The van der Waals surface area contributed by atoms with E-state index in [1.165, 1.54) is 4.88 Å². The van der Waals surface area contributed by atoms with Crippen LogP contribution in [-0.2, 0) is 0 Å². The number of benzene rings is 1. The van der Waals surface area contributed by atoms with Crippen LogP contribution in [-0.4, -0.2) is 39.4 Å². The number of rotatable bonds is 3. The molecule has 118 valence electrons. The average molecular weight is 328 g/mol. The van der Waals surface area contributed by atoms with Crippen molar-refractivity contribution in [2.45, 2.75) is 18.8 Å². The van der Waals surface area contributed by atoms with Gasteiger partial charge in [-0.3, -0.25) is 10.1 Å². The Balaban J connectivity index is 1.48. The minimum absolute atomic E-state index is 0.180. The molecule has 3 N–H and O–H groups in total. The molecular formula is C15H16N6OS. The molecule has 3 aromatic rings. The molecule has 0 unspecified atom stereocenters. The van der Waals surface area contributed by atoms with Crippen molar-refractivity contribution >= 4 is 33.4 Å². The molecule has 0 radical (unpaired) electrons. The van der Waals surface area contributed by atoms with E-state index in [0.29, 0.717) is 22.1 Å². The Kier molecular flexibility index (Phi) is 3.76. The first-order valence-corrected chi connectivity index (χ1v) is 8.39. The first kappa shape index (κ1) is 14.3. The maximum absolute atomic E-state index is 12.4. The van der Waals surface area contributed by atoms with Crippen molar-refractivity contribution < 1.29 is 4.79 Å². The molecule has 8 heteroatoms. The second kappa shape index (κ2) is 6.05. The van der Waals surface area contributed by atoms with Crippen LogP contribution >= 0.6 is 11.3 Å². The molecule has 1 aromatic carbocycles. The van der Waals surface area contributed by atoms with E-state index in [1.54, 1.807) is 29.5 Å². The average Bonchev–Trinajstić information content (AvgIpc) is 3.24. The molecule has 0 saturated carbocycles. The number of piperidine rings is 1. The zero-order chi connectivity index (χ0) is 15.6. The van der Waals surface area contributed by atoms with Crippen LogP contribution in [0, 0.1) is 0 Å². The molecule has 0 aliphatic carbocycles. The summed E-state index contributed by atoms with van der Waals surface area (Å²) in [6, 6.07) is 5.23. The highest BCUT2D eigenvalue weighted by atomic mass is 32.1. The predicted octanol–water partition coefficient (Wildman–Crippen LogP) is 2.13. The molecule has 1 fully saturated rings. The van der Waals surface area contributed by atoms with Crippen molar-refractivity contribution in [2.75, 3.05) is 18.4 Å². The molecule has 1 amide bonds. The molecule has 1 aliphatic rings. The zero-order valence-corrected chi connectivity index (χ0v) is 13.2. The van der Waals surface area contributed by atoms with Gasteiger partial charge in [-0.1, -0.05) is 0 Å². The van der Waals surface area contributed by atoms with Crippen molar-refractivity contribution in [3.8, 4) is 0 Å². The SMILES string of the molecule is O=C(Nc1ncc(C2CCNCC2)s1)c1ccc2n[nH]nc2c1. The topological polar surface area (TPSA) is 95.6 Å². The van der Waals surface area contributed by atoms with E-state index in [4.69, 9.17) is 0 Å². The number of thiazole rings is 1. The van der Waals surface area contributed by atoms with Crippen LogP contribution in [0.2, 0.25) is 0 Å². The van der Waals surface area contributed by atoms with Gasteiger partial charge in [-0.25, -0.2) is 4.98 Å². The van der Waals surface area contributed by atoms with Crippen LogP contribution < -0.4 is 10.6 Å². The number of hydrogen-bond acceptors (Lipinski definition) is 6. The fraction of sp³-hybridized carbons (Fsp3) is 0.333. The number of aromatic amines is 1. The van der Waals surface area contributed by atoms with Gasteiger partial charge in [0.2, 0.25) is 0 Å². The van der Waals surface area contributed by atoms with Gasteiger partial charge in [0, 0.05) is 16.6 Å². The molecule has 4 rings (SSSR count). The highest BCUT2D eigenvalue weighted by Crippen LogP contribution is 2.31. The van der Waals surface area contributed by atoms with Crippen LogP contribution in [0.25, 0.3) is 11.0 Å². The van der Waals surface area contributed by atoms with Gasteiger partial charge in [-0.05, 0) is 50.0 Å². The number of H-pyrrole nitrogens is 1. The molecule has 2 aromatic heterocycles. The molecule has 1 aliphatic heterocycles. The summed E-state index contributed by atoms with van der Waals surface area (Å²) in [5, 5.41) is 17.4. The highest BCUT2D eigenvalue weighted by Gasteiger charge is 2.18. The molecule has 0 spiro atoms. The Morgan fingerprint density at radius 2 is 2.04 bits per heavy atom. The summed E-state index contributed by atoms with van der Waals surface area (Å²) in [5.74, 6) is 0.368. The standard InChI is InChI=1S/C15H16N6OS/c22-14(10-1-2-11-12(7-10)20-21-19-11)18-15-17-8-13(23-15)9-3-5-16-6-4-9/h1-2,7-9,16H,3-6H2,(H,17,18,22)(H,19,20,21). The van der Waals surface area contributed by atoms with E-state index in [-0.39, 0.29) is 5.91 Å². The van der Waals surface area contributed by atoms with E-state index >= 15 is 0 Å². The third-order valence-corrected chi connectivity index (χ3v) is 5.14. The molecule has 7 nitrogen and oxygen atoms in total. The zero-order valence-electron chi connectivity index (χ0n) is 12.4. The number of aromatic nitrogens is 4. The molecule has 0 bridgehead atoms. The fourth-order valence-corrected chi connectivity index (χ4v) is 3.77. The summed E-state index contributed by atoms with van der Waals surface area (Å²) < 4.78 is 0. The lowest BCUT2D eigenvalue weighted by atomic mass is 9.97. The Morgan fingerprint density at radius 1 is 1.22 bits per heavy atom. The Labute approximate surface area is 136 Å². The molecule has 0 atom stereocenters.